The number of nitrogens with two attached hydrogens (primary N) is 1. The van der Waals surface area contributed by atoms with Gasteiger partial charge in [-0.2, -0.15) is 0 Å². The Morgan fingerprint density at radius 2 is 1.58 bits per heavy atom. The maximum atomic E-state index is 13.7. The minimum absolute atomic E-state index is 0.0349. The maximum Gasteiger partial charge on any atom is 0.160 e. The summed E-state index contributed by atoms with van der Waals surface area (Å²) >= 11 is 5.83. The molecule has 19 heavy (non-hydrogen) atoms. The molecule has 2 N–H and O–H groups in total. The molecule has 1 atom stereocenters. The third-order valence-corrected chi connectivity index (χ3v) is 3.19. The lowest BCUT2D eigenvalue weighted by molar-refractivity contribution is 0.506. The lowest BCUT2D eigenvalue weighted by atomic mass is 9.97. The zero-order valence-electron chi connectivity index (χ0n) is 10.1. The molecule has 0 aromatic heterocycles. The molecule has 0 saturated heterocycles. The molecule has 0 amide bonds. The summed E-state index contributed by atoms with van der Waals surface area (Å²) in [6.07, 6.45) is 0. The van der Waals surface area contributed by atoms with Gasteiger partial charge < -0.3 is 5.73 Å². The van der Waals surface area contributed by atoms with Crippen LogP contribution in [0, 0.1) is 24.4 Å². The summed E-state index contributed by atoms with van der Waals surface area (Å²) < 4.78 is 40.0. The van der Waals surface area contributed by atoms with E-state index in [1.165, 1.54) is 6.07 Å². The molecule has 0 heterocycles. The topological polar surface area (TPSA) is 26.0 Å². The van der Waals surface area contributed by atoms with Crippen LogP contribution in [-0.2, 0) is 0 Å². The van der Waals surface area contributed by atoms with Gasteiger partial charge in [-0.05, 0) is 30.7 Å². The van der Waals surface area contributed by atoms with E-state index in [4.69, 9.17) is 17.3 Å². The standard InChI is InChI=1S/C14H11ClF3N/c1-7-2-3-11(16)9(4-7)14(19)8-5-12(17)13(18)6-10(8)15/h2-6,14H,19H2,1H3. The molecular weight excluding hydrogens is 275 g/mol. The first-order chi connectivity index (χ1) is 8.90. The highest BCUT2D eigenvalue weighted by molar-refractivity contribution is 6.31. The van der Waals surface area contributed by atoms with Gasteiger partial charge in [0, 0.05) is 10.6 Å². The summed E-state index contributed by atoms with van der Waals surface area (Å²) in [6, 6.07) is 5.19. The summed E-state index contributed by atoms with van der Waals surface area (Å²) in [4.78, 5) is 0. The number of hydrogen-bond donors (Lipinski definition) is 1. The van der Waals surface area contributed by atoms with Crippen molar-refractivity contribution in [2.75, 3.05) is 0 Å². The molecule has 100 valence electrons. The SMILES string of the molecule is Cc1ccc(F)c(C(N)c2cc(F)c(F)cc2Cl)c1. The van der Waals surface area contributed by atoms with Gasteiger partial charge in [0.15, 0.2) is 11.6 Å². The van der Waals surface area contributed by atoms with E-state index in [1.54, 1.807) is 19.1 Å². The zero-order chi connectivity index (χ0) is 14.2. The molecule has 2 aromatic carbocycles. The third kappa shape index (κ3) is 2.74. The molecule has 5 heteroatoms. The normalized spacial score (nSPS) is 12.5. The largest absolute Gasteiger partial charge is 0.320 e. The van der Waals surface area contributed by atoms with Crippen molar-refractivity contribution < 1.29 is 13.2 Å². The molecule has 1 unspecified atom stereocenters. The smallest absolute Gasteiger partial charge is 0.160 e. The second kappa shape index (κ2) is 5.23. The van der Waals surface area contributed by atoms with Gasteiger partial charge in [-0.1, -0.05) is 29.3 Å². The molecule has 0 bridgehead atoms. The second-order valence-electron chi connectivity index (χ2n) is 4.29. The van der Waals surface area contributed by atoms with E-state index in [2.05, 4.69) is 0 Å². The minimum atomic E-state index is -1.07. The number of halogens is 4. The quantitative estimate of drug-likeness (QED) is 0.826. The fourth-order valence-electron chi connectivity index (χ4n) is 1.85. The highest BCUT2D eigenvalue weighted by atomic mass is 35.5. The Morgan fingerprint density at radius 1 is 0.947 bits per heavy atom. The van der Waals surface area contributed by atoms with Crippen LogP contribution in [0.15, 0.2) is 30.3 Å². The Balaban J connectivity index is 2.52. The molecule has 0 saturated carbocycles. The zero-order valence-corrected chi connectivity index (χ0v) is 10.8. The first kappa shape index (κ1) is 13.9. The Kier molecular flexibility index (Phi) is 3.83. The van der Waals surface area contributed by atoms with Gasteiger partial charge in [0.25, 0.3) is 0 Å². The van der Waals surface area contributed by atoms with E-state index in [1.807, 2.05) is 0 Å². The van der Waals surface area contributed by atoms with Crippen molar-refractivity contribution in [2.45, 2.75) is 13.0 Å². The van der Waals surface area contributed by atoms with Crippen LogP contribution < -0.4 is 5.73 Å². The molecule has 2 aromatic rings. The fraction of sp³-hybridized carbons (Fsp3) is 0.143. The molecule has 0 spiro atoms. The molecule has 0 radical (unpaired) electrons. The van der Waals surface area contributed by atoms with Crippen molar-refractivity contribution >= 4 is 11.6 Å². The predicted octanol–water partition coefficient (Wildman–Crippen LogP) is 4.11. The second-order valence-corrected chi connectivity index (χ2v) is 4.70. The molecular formula is C14H11ClF3N. The van der Waals surface area contributed by atoms with Crippen LogP contribution >= 0.6 is 11.6 Å². The number of aryl methyl sites for hydroxylation is 1. The highest BCUT2D eigenvalue weighted by Gasteiger charge is 2.19. The maximum absolute atomic E-state index is 13.7. The van der Waals surface area contributed by atoms with Gasteiger partial charge in [-0.25, -0.2) is 13.2 Å². The van der Waals surface area contributed by atoms with E-state index >= 15 is 0 Å². The first-order valence-corrected chi connectivity index (χ1v) is 5.94. The summed E-state index contributed by atoms with van der Waals surface area (Å²) in [5, 5.41) is -0.0349. The molecule has 2 rings (SSSR count). The molecule has 0 aliphatic carbocycles. The van der Waals surface area contributed by atoms with Gasteiger partial charge >= 0.3 is 0 Å². The lowest BCUT2D eigenvalue weighted by Crippen LogP contribution is -2.15. The van der Waals surface area contributed by atoms with Crippen molar-refractivity contribution in [3.05, 3.63) is 69.5 Å². The van der Waals surface area contributed by atoms with Crippen LogP contribution in [-0.4, -0.2) is 0 Å². The van der Waals surface area contributed by atoms with E-state index < -0.39 is 23.5 Å². The summed E-state index contributed by atoms with van der Waals surface area (Å²) in [5.74, 6) is -2.65. The fourth-order valence-corrected chi connectivity index (χ4v) is 2.11. The average molecular weight is 286 g/mol. The van der Waals surface area contributed by atoms with E-state index in [0.717, 1.165) is 17.7 Å². The number of hydrogen-bond acceptors (Lipinski definition) is 1. The van der Waals surface area contributed by atoms with Gasteiger partial charge in [0.2, 0.25) is 0 Å². The van der Waals surface area contributed by atoms with E-state index in [-0.39, 0.29) is 16.1 Å². The Labute approximate surface area is 113 Å². The van der Waals surface area contributed by atoms with E-state index in [9.17, 15) is 13.2 Å². The van der Waals surface area contributed by atoms with Crippen molar-refractivity contribution in [1.29, 1.82) is 0 Å². The van der Waals surface area contributed by atoms with Gasteiger partial charge in [-0.3, -0.25) is 0 Å². The number of benzene rings is 2. The predicted molar refractivity (Wildman–Crippen MR) is 68.5 cm³/mol. The highest BCUT2D eigenvalue weighted by Crippen LogP contribution is 2.30. The molecule has 0 aliphatic rings. The van der Waals surface area contributed by atoms with Crippen LogP contribution in [0.1, 0.15) is 22.7 Å². The van der Waals surface area contributed by atoms with Crippen LogP contribution in [0.2, 0.25) is 5.02 Å². The van der Waals surface area contributed by atoms with Crippen molar-refractivity contribution in [2.24, 2.45) is 5.73 Å². The lowest BCUT2D eigenvalue weighted by Gasteiger charge is -2.16. The van der Waals surface area contributed by atoms with Crippen LogP contribution in [0.4, 0.5) is 13.2 Å². The molecule has 0 aliphatic heterocycles. The van der Waals surface area contributed by atoms with Crippen LogP contribution in [0.5, 0.6) is 0 Å². The van der Waals surface area contributed by atoms with Crippen molar-refractivity contribution in [3.63, 3.8) is 0 Å². The third-order valence-electron chi connectivity index (χ3n) is 2.86. The summed E-state index contributed by atoms with van der Waals surface area (Å²) in [7, 11) is 0. The van der Waals surface area contributed by atoms with Gasteiger partial charge in [0.1, 0.15) is 5.82 Å². The van der Waals surface area contributed by atoms with Crippen LogP contribution in [0.3, 0.4) is 0 Å². The minimum Gasteiger partial charge on any atom is -0.320 e. The van der Waals surface area contributed by atoms with Crippen molar-refractivity contribution in [3.8, 4) is 0 Å². The number of rotatable bonds is 2. The first-order valence-electron chi connectivity index (χ1n) is 5.56. The summed E-state index contributed by atoms with van der Waals surface area (Å²) in [5.41, 5.74) is 7.03. The van der Waals surface area contributed by atoms with Gasteiger partial charge in [-0.15, -0.1) is 0 Å². The Hall–Kier alpha value is -1.52. The Bertz CT molecular complexity index is 628. The van der Waals surface area contributed by atoms with Crippen molar-refractivity contribution in [1.82, 2.24) is 0 Å². The Morgan fingerprint density at radius 3 is 2.26 bits per heavy atom. The molecule has 1 nitrogen and oxygen atoms in total. The van der Waals surface area contributed by atoms with Crippen LogP contribution in [0.25, 0.3) is 0 Å². The molecule has 0 fully saturated rings. The monoisotopic (exact) mass is 285 g/mol. The van der Waals surface area contributed by atoms with E-state index in [0.29, 0.717) is 0 Å². The average Bonchev–Trinajstić information content (AvgIpc) is 2.36. The summed E-state index contributed by atoms with van der Waals surface area (Å²) in [6.45, 7) is 1.78. The van der Waals surface area contributed by atoms with Gasteiger partial charge in [0.05, 0.1) is 6.04 Å².